The second-order valence-electron chi connectivity index (χ2n) is 4.76. The van der Waals surface area contributed by atoms with E-state index in [-0.39, 0.29) is 22.2 Å². The number of phenolic OH excluding ortho intramolecular Hbond substituents is 1. The van der Waals surface area contributed by atoms with Crippen molar-refractivity contribution in [3.05, 3.63) is 64.3 Å². The normalized spacial score (nSPS) is 14.6. The number of imide groups is 1. The number of para-hydroxylation sites is 2. The topological polar surface area (TPSA) is 69.6 Å². The van der Waals surface area contributed by atoms with Gasteiger partial charge in [0.2, 0.25) is 0 Å². The van der Waals surface area contributed by atoms with Crippen LogP contribution in [0.2, 0.25) is 5.02 Å². The quantitative estimate of drug-likeness (QED) is 0.658. The number of hydrogen-bond donors (Lipinski definition) is 2. The largest absolute Gasteiger partial charge is 0.506 e. The van der Waals surface area contributed by atoms with Crippen LogP contribution in [0.3, 0.4) is 0 Å². The molecule has 0 bridgehead atoms. The van der Waals surface area contributed by atoms with Crippen molar-refractivity contribution in [2.45, 2.75) is 0 Å². The van der Waals surface area contributed by atoms with Gasteiger partial charge in [0, 0.05) is 5.02 Å². The Morgan fingerprint density at radius 2 is 1.70 bits per heavy atom. The van der Waals surface area contributed by atoms with Gasteiger partial charge in [-0.3, -0.25) is 9.59 Å². The van der Waals surface area contributed by atoms with E-state index in [1.165, 1.54) is 12.1 Å². The number of carbonyl (C=O) groups excluding carboxylic acids is 2. The Hall–Kier alpha value is -2.50. The molecule has 1 heterocycles. The summed E-state index contributed by atoms with van der Waals surface area (Å²) >= 11 is 11.9. The summed E-state index contributed by atoms with van der Waals surface area (Å²) in [6.07, 6.45) is 0. The molecular weight excluding hydrogens is 339 g/mol. The first-order valence-electron chi connectivity index (χ1n) is 6.58. The summed E-state index contributed by atoms with van der Waals surface area (Å²) in [7, 11) is 0. The molecule has 2 N–H and O–H groups in total. The predicted octanol–water partition coefficient (Wildman–Crippen LogP) is 3.48. The van der Waals surface area contributed by atoms with Crippen LogP contribution in [-0.2, 0) is 9.59 Å². The molecule has 1 aliphatic heterocycles. The van der Waals surface area contributed by atoms with Crippen molar-refractivity contribution in [1.29, 1.82) is 0 Å². The Kier molecular flexibility index (Phi) is 3.98. The number of nitrogens with one attached hydrogen (secondary N) is 1. The van der Waals surface area contributed by atoms with E-state index in [2.05, 4.69) is 5.32 Å². The number of benzene rings is 2. The minimum Gasteiger partial charge on any atom is -0.506 e. The van der Waals surface area contributed by atoms with Gasteiger partial charge < -0.3 is 10.4 Å². The summed E-state index contributed by atoms with van der Waals surface area (Å²) in [5.74, 6) is -1.34. The molecular formula is C16H10Cl2N2O3. The number of rotatable bonds is 3. The van der Waals surface area contributed by atoms with E-state index in [0.717, 1.165) is 4.90 Å². The first-order valence-corrected chi connectivity index (χ1v) is 7.34. The van der Waals surface area contributed by atoms with E-state index < -0.39 is 11.8 Å². The second kappa shape index (κ2) is 5.95. The molecule has 1 aliphatic rings. The molecule has 7 heteroatoms. The smallest absolute Gasteiger partial charge is 0.283 e. The van der Waals surface area contributed by atoms with Gasteiger partial charge >= 0.3 is 0 Å². The maximum absolute atomic E-state index is 12.5. The number of halogens is 2. The third-order valence-corrected chi connectivity index (χ3v) is 3.84. The van der Waals surface area contributed by atoms with Gasteiger partial charge in [-0.1, -0.05) is 41.4 Å². The fraction of sp³-hybridized carbons (Fsp3) is 0. The van der Waals surface area contributed by atoms with E-state index in [0.29, 0.717) is 10.7 Å². The van der Waals surface area contributed by atoms with E-state index in [1.807, 2.05) is 0 Å². The number of anilines is 2. The Morgan fingerprint density at radius 1 is 0.957 bits per heavy atom. The highest BCUT2D eigenvalue weighted by molar-refractivity contribution is 6.53. The van der Waals surface area contributed by atoms with Crippen LogP contribution >= 0.6 is 23.2 Å². The summed E-state index contributed by atoms with van der Waals surface area (Å²) < 4.78 is 0. The van der Waals surface area contributed by atoms with Gasteiger partial charge in [-0.05, 0) is 30.3 Å². The molecule has 0 aromatic heterocycles. The summed E-state index contributed by atoms with van der Waals surface area (Å²) in [6.45, 7) is 0. The fourth-order valence-electron chi connectivity index (χ4n) is 2.18. The third-order valence-electron chi connectivity index (χ3n) is 3.26. The van der Waals surface area contributed by atoms with Crippen LogP contribution in [0.1, 0.15) is 0 Å². The lowest BCUT2D eigenvalue weighted by atomic mass is 10.2. The molecule has 0 saturated carbocycles. The first kappa shape index (κ1) is 15.4. The molecule has 2 aromatic rings. The van der Waals surface area contributed by atoms with Gasteiger partial charge in [-0.15, -0.1) is 0 Å². The minimum atomic E-state index is -0.656. The van der Waals surface area contributed by atoms with Crippen molar-refractivity contribution in [3.8, 4) is 5.75 Å². The van der Waals surface area contributed by atoms with E-state index >= 15 is 0 Å². The molecule has 2 aromatic carbocycles. The van der Waals surface area contributed by atoms with Crippen LogP contribution < -0.4 is 10.2 Å². The molecule has 23 heavy (non-hydrogen) atoms. The SMILES string of the molecule is O=C1C(Cl)=C(Nc2ccccc2O)C(=O)N1c1cccc(Cl)c1. The third kappa shape index (κ3) is 2.76. The lowest BCUT2D eigenvalue weighted by Gasteiger charge is -2.15. The Labute approximate surface area is 141 Å². The first-order chi connectivity index (χ1) is 11.0. The van der Waals surface area contributed by atoms with Crippen LogP contribution in [0.25, 0.3) is 0 Å². The molecule has 116 valence electrons. The lowest BCUT2D eigenvalue weighted by molar-refractivity contribution is -0.120. The minimum absolute atomic E-state index is 0.0640. The number of amides is 2. The molecule has 5 nitrogen and oxygen atoms in total. The van der Waals surface area contributed by atoms with Gasteiger partial charge in [0.25, 0.3) is 11.8 Å². The van der Waals surface area contributed by atoms with Crippen LogP contribution in [-0.4, -0.2) is 16.9 Å². The zero-order chi connectivity index (χ0) is 16.6. The Balaban J connectivity index is 1.95. The van der Waals surface area contributed by atoms with Gasteiger partial charge in [0.1, 0.15) is 16.5 Å². The van der Waals surface area contributed by atoms with Crippen LogP contribution in [0.15, 0.2) is 59.3 Å². The maximum atomic E-state index is 12.5. The van der Waals surface area contributed by atoms with E-state index in [1.54, 1.807) is 36.4 Å². The van der Waals surface area contributed by atoms with Crippen LogP contribution in [0, 0.1) is 0 Å². The highest BCUT2D eigenvalue weighted by atomic mass is 35.5. The Bertz CT molecular complexity index is 849. The molecule has 0 fully saturated rings. The van der Waals surface area contributed by atoms with E-state index in [9.17, 15) is 14.7 Å². The molecule has 0 unspecified atom stereocenters. The molecule has 2 amide bonds. The molecule has 0 saturated heterocycles. The number of nitrogens with zero attached hydrogens (tertiary/aromatic N) is 1. The monoisotopic (exact) mass is 348 g/mol. The number of phenols is 1. The van der Waals surface area contributed by atoms with Crippen LogP contribution in [0.5, 0.6) is 5.75 Å². The number of hydrogen-bond acceptors (Lipinski definition) is 4. The standard InChI is InChI=1S/C16H10Cl2N2O3/c17-9-4-3-5-10(8-9)20-15(22)13(18)14(16(20)23)19-11-6-1-2-7-12(11)21/h1-8,19,21H. The fourth-order valence-corrected chi connectivity index (χ4v) is 2.57. The van der Waals surface area contributed by atoms with E-state index in [4.69, 9.17) is 23.2 Å². The maximum Gasteiger partial charge on any atom is 0.283 e. The molecule has 0 atom stereocenters. The summed E-state index contributed by atoms with van der Waals surface area (Å²) in [5.41, 5.74) is 0.493. The average molecular weight is 349 g/mol. The van der Waals surface area contributed by atoms with Gasteiger partial charge in [0.15, 0.2) is 0 Å². The van der Waals surface area contributed by atoms with Crippen molar-refractivity contribution >= 4 is 46.4 Å². The second-order valence-corrected chi connectivity index (χ2v) is 5.57. The van der Waals surface area contributed by atoms with Crippen LogP contribution in [0.4, 0.5) is 11.4 Å². The van der Waals surface area contributed by atoms with Crippen molar-refractivity contribution in [3.63, 3.8) is 0 Å². The molecule has 0 radical (unpaired) electrons. The number of carbonyl (C=O) groups is 2. The lowest BCUT2D eigenvalue weighted by Crippen LogP contribution is -2.32. The van der Waals surface area contributed by atoms with Gasteiger partial charge in [-0.2, -0.15) is 0 Å². The van der Waals surface area contributed by atoms with Gasteiger partial charge in [-0.25, -0.2) is 4.90 Å². The zero-order valence-corrected chi connectivity index (χ0v) is 13.1. The molecule has 0 spiro atoms. The van der Waals surface area contributed by atoms with Crippen molar-refractivity contribution in [2.75, 3.05) is 10.2 Å². The molecule has 0 aliphatic carbocycles. The summed E-state index contributed by atoms with van der Waals surface area (Å²) in [6, 6.07) is 12.6. The van der Waals surface area contributed by atoms with Gasteiger partial charge in [0.05, 0.1) is 11.4 Å². The molecule has 3 rings (SSSR count). The highest BCUT2D eigenvalue weighted by Gasteiger charge is 2.39. The number of aromatic hydroxyl groups is 1. The summed E-state index contributed by atoms with van der Waals surface area (Å²) in [4.78, 5) is 25.7. The van der Waals surface area contributed by atoms with Crippen molar-refractivity contribution in [2.24, 2.45) is 0 Å². The van der Waals surface area contributed by atoms with Crippen molar-refractivity contribution in [1.82, 2.24) is 0 Å². The Morgan fingerprint density at radius 3 is 2.39 bits per heavy atom. The summed E-state index contributed by atoms with van der Waals surface area (Å²) in [5, 5.41) is 12.6. The zero-order valence-electron chi connectivity index (χ0n) is 11.6. The average Bonchev–Trinajstić information content (AvgIpc) is 2.73. The predicted molar refractivity (Wildman–Crippen MR) is 88.6 cm³/mol. The highest BCUT2D eigenvalue weighted by Crippen LogP contribution is 2.32. The van der Waals surface area contributed by atoms with Crippen molar-refractivity contribution < 1.29 is 14.7 Å².